The van der Waals surface area contributed by atoms with E-state index in [4.69, 9.17) is 4.74 Å². The lowest BCUT2D eigenvalue weighted by atomic mass is 9.93. The molecule has 0 bridgehead atoms. The SMILES string of the molecule is CO[C@H]1CC[C@H](NC(=O)c2cnn3ccc(-c4c[nH]c5nc(NCC(C)C)ncc45)cc23)CC1. The van der Waals surface area contributed by atoms with Crippen LogP contribution in [-0.4, -0.2) is 56.3 Å². The van der Waals surface area contributed by atoms with Gasteiger partial charge in [-0.15, -0.1) is 0 Å². The second-order valence-electron chi connectivity index (χ2n) is 9.42. The van der Waals surface area contributed by atoms with Gasteiger partial charge in [-0.05, 0) is 49.3 Å². The summed E-state index contributed by atoms with van der Waals surface area (Å²) in [5, 5.41) is 11.8. The zero-order chi connectivity index (χ0) is 23.7. The van der Waals surface area contributed by atoms with Gasteiger partial charge >= 0.3 is 0 Å². The van der Waals surface area contributed by atoms with Gasteiger partial charge in [0.2, 0.25) is 5.95 Å². The lowest BCUT2D eigenvalue weighted by Gasteiger charge is -2.28. The fourth-order valence-electron chi connectivity index (χ4n) is 4.56. The minimum Gasteiger partial charge on any atom is -0.381 e. The van der Waals surface area contributed by atoms with Gasteiger partial charge in [-0.2, -0.15) is 10.1 Å². The number of methoxy groups -OCH3 is 1. The van der Waals surface area contributed by atoms with Crippen LogP contribution in [0.15, 0.2) is 36.9 Å². The molecule has 0 atom stereocenters. The van der Waals surface area contributed by atoms with Gasteiger partial charge in [-0.3, -0.25) is 4.79 Å². The van der Waals surface area contributed by atoms with Crippen LogP contribution in [0.1, 0.15) is 49.9 Å². The number of hydrogen-bond donors (Lipinski definition) is 3. The number of amides is 1. The van der Waals surface area contributed by atoms with Crippen LogP contribution in [0.3, 0.4) is 0 Å². The molecule has 0 unspecified atom stereocenters. The molecule has 0 radical (unpaired) electrons. The first-order chi connectivity index (χ1) is 16.5. The summed E-state index contributed by atoms with van der Waals surface area (Å²) in [7, 11) is 1.75. The quantitative estimate of drug-likeness (QED) is 0.383. The van der Waals surface area contributed by atoms with Gasteiger partial charge in [0, 0.05) is 49.2 Å². The zero-order valence-electron chi connectivity index (χ0n) is 19.8. The highest BCUT2D eigenvalue weighted by atomic mass is 16.5. The molecule has 0 saturated heterocycles. The lowest BCUT2D eigenvalue weighted by molar-refractivity contribution is 0.0599. The molecule has 3 N–H and O–H groups in total. The monoisotopic (exact) mass is 461 g/mol. The average Bonchev–Trinajstić information content (AvgIpc) is 3.46. The number of anilines is 1. The molecule has 1 amide bonds. The van der Waals surface area contributed by atoms with Crippen molar-refractivity contribution < 1.29 is 9.53 Å². The molecule has 1 aliphatic carbocycles. The Labute approximate surface area is 198 Å². The number of carbonyl (C=O) groups excluding carboxylic acids is 1. The number of fused-ring (bicyclic) bond motifs is 2. The van der Waals surface area contributed by atoms with E-state index in [0.29, 0.717) is 23.5 Å². The maximum absolute atomic E-state index is 13.1. The highest BCUT2D eigenvalue weighted by Crippen LogP contribution is 2.29. The van der Waals surface area contributed by atoms with Crippen molar-refractivity contribution in [3.8, 4) is 11.1 Å². The number of pyridine rings is 1. The van der Waals surface area contributed by atoms with Gasteiger partial charge in [0.15, 0.2) is 0 Å². The predicted octanol–water partition coefficient (Wildman–Crippen LogP) is 4.03. The van der Waals surface area contributed by atoms with E-state index < -0.39 is 0 Å². The molecule has 0 aromatic carbocycles. The minimum atomic E-state index is -0.0869. The van der Waals surface area contributed by atoms with Crippen LogP contribution >= 0.6 is 0 Å². The van der Waals surface area contributed by atoms with Crippen molar-refractivity contribution in [1.29, 1.82) is 0 Å². The van der Waals surface area contributed by atoms with Crippen molar-refractivity contribution >= 4 is 28.4 Å². The number of aromatic nitrogens is 5. The summed E-state index contributed by atoms with van der Waals surface area (Å²) in [5.41, 5.74) is 4.08. The molecule has 0 aliphatic heterocycles. The molecule has 5 rings (SSSR count). The molecule has 4 heterocycles. The summed E-state index contributed by atoms with van der Waals surface area (Å²) >= 11 is 0. The third-order valence-electron chi connectivity index (χ3n) is 6.52. The van der Waals surface area contributed by atoms with Crippen LogP contribution < -0.4 is 10.6 Å². The number of aromatic amines is 1. The molecule has 178 valence electrons. The van der Waals surface area contributed by atoms with E-state index in [1.807, 2.05) is 30.7 Å². The molecule has 34 heavy (non-hydrogen) atoms. The topological polar surface area (TPSA) is 109 Å². The zero-order valence-corrected chi connectivity index (χ0v) is 19.8. The smallest absolute Gasteiger partial charge is 0.255 e. The van der Waals surface area contributed by atoms with E-state index in [2.05, 4.69) is 44.5 Å². The normalized spacial score (nSPS) is 18.6. The maximum atomic E-state index is 13.1. The van der Waals surface area contributed by atoms with E-state index in [-0.39, 0.29) is 11.9 Å². The van der Waals surface area contributed by atoms with Gasteiger partial charge < -0.3 is 20.4 Å². The third kappa shape index (κ3) is 4.48. The molecule has 4 aromatic rings. The van der Waals surface area contributed by atoms with E-state index in [0.717, 1.165) is 59.9 Å². The number of nitrogens with one attached hydrogen (secondary N) is 3. The molecule has 1 aliphatic rings. The molecule has 1 fully saturated rings. The van der Waals surface area contributed by atoms with Crippen molar-refractivity contribution in [3.05, 3.63) is 42.5 Å². The van der Waals surface area contributed by atoms with Crippen LogP contribution in [0, 0.1) is 5.92 Å². The van der Waals surface area contributed by atoms with Gasteiger partial charge in [0.25, 0.3) is 5.91 Å². The summed E-state index contributed by atoms with van der Waals surface area (Å²) in [4.78, 5) is 25.4. The maximum Gasteiger partial charge on any atom is 0.255 e. The van der Waals surface area contributed by atoms with Gasteiger partial charge in [0.05, 0.1) is 23.4 Å². The van der Waals surface area contributed by atoms with E-state index in [1.165, 1.54) is 0 Å². The number of ether oxygens (including phenoxy) is 1. The third-order valence-corrected chi connectivity index (χ3v) is 6.52. The fraction of sp³-hybridized carbons (Fsp3) is 0.440. The number of carbonyl (C=O) groups is 1. The van der Waals surface area contributed by atoms with Crippen molar-refractivity contribution in [2.24, 2.45) is 5.92 Å². The van der Waals surface area contributed by atoms with Crippen LogP contribution in [0.25, 0.3) is 27.7 Å². The van der Waals surface area contributed by atoms with E-state index in [1.54, 1.807) is 17.8 Å². The Kier molecular flexibility index (Phi) is 6.19. The van der Waals surface area contributed by atoms with Crippen molar-refractivity contribution in [3.63, 3.8) is 0 Å². The van der Waals surface area contributed by atoms with Crippen LogP contribution in [0.4, 0.5) is 5.95 Å². The van der Waals surface area contributed by atoms with Gasteiger partial charge in [0.1, 0.15) is 5.65 Å². The number of H-pyrrole nitrogens is 1. The van der Waals surface area contributed by atoms with Crippen LogP contribution in [0.5, 0.6) is 0 Å². The number of rotatable bonds is 7. The predicted molar refractivity (Wildman–Crippen MR) is 132 cm³/mol. The first-order valence-corrected chi connectivity index (χ1v) is 11.9. The summed E-state index contributed by atoms with van der Waals surface area (Å²) in [6.45, 7) is 5.10. The standard InChI is InChI=1S/C25H31N7O2/c1-15(2)11-27-25-28-13-20-19(12-26-23(20)31-25)16-8-9-32-22(10-16)21(14-29-32)24(33)30-17-4-6-18(34-3)7-5-17/h8-10,12-15,17-18H,4-7,11H2,1-3H3,(H,30,33)(H2,26,27,28,31)/t17-,18-. The summed E-state index contributed by atoms with van der Waals surface area (Å²) < 4.78 is 7.18. The van der Waals surface area contributed by atoms with Crippen molar-refractivity contribution in [2.75, 3.05) is 19.0 Å². The highest BCUT2D eigenvalue weighted by molar-refractivity contribution is 6.02. The van der Waals surface area contributed by atoms with E-state index in [9.17, 15) is 4.79 Å². The first kappa shape index (κ1) is 22.3. The molecular formula is C25H31N7O2. The minimum absolute atomic E-state index is 0.0869. The fourth-order valence-corrected chi connectivity index (χ4v) is 4.56. The second-order valence-corrected chi connectivity index (χ2v) is 9.42. The first-order valence-electron chi connectivity index (χ1n) is 11.9. The van der Waals surface area contributed by atoms with Crippen LogP contribution in [-0.2, 0) is 4.74 Å². The van der Waals surface area contributed by atoms with Crippen molar-refractivity contribution in [1.82, 2.24) is 29.9 Å². The molecule has 0 spiro atoms. The lowest BCUT2D eigenvalue weighted by Crippen LogP contribution is -2.38. The Balaban J connectivity index is 1.38. The molecule has 9 heteroatoms. The molecule has 4 aromatic heterocycles. The molecular weight excluding hydrogens is 430 g/mol. The Morgan fingerprint density at radius 3 is 2.85 bits per heavy atom. The Hall–Kier alpha value is -3.46. The van der Waals surface area contributed by atoms with Gasteiger partial charge in [-0.1, -0.05) is 13.8 Å². The summed E-state index contributed by atoms with van der Waals surface area (Å²) in [6.07, 6.45) is 11.4. The summed E-state index contributed by atoms with van der Waals surface area (Å²) in [5.74, 6) is 1.03. The average molecular weight is 462 g/mol. The largest absolute Gasteiger partial charge is 0.381 e. The second kappa shape index (κ2) is 9.42. The molecule has 1 saturated carbocycles. The molecule has 9 nitrogen and oxygen atoms in total. The Bertz CT molecular complexity index is 1300. The van der Waals surface area contributed by atoms with Gasteiger partial charge in [-0.25, -0.2) is 9.50 Å². The van der Waals surface area contributed by atoms with E-state index >= 15 is 0 Å². The summed E-state index contributed by atoms with van der Waals surface area (Å²) in [6, 6.07) is 4.15. The number of nitrogens with zero attached hydrogens (tertiary/aromatic N) is 4. The highest BCUT2D eigenvalue weighted by Gasteiger charge is 2.24. The Morgan fingerprint density at radius 2 is 2.09 bits per heavy atom. The van der Waals surface area contributed by atoms with Crippen LogP contribution in [0.2, 0.25) is 0 Å². The van der Waals surface area contributed by atoms with Crippen molar-refractivity contribution in [2.45, 2.75) is 51.7 Å². The Morgan fingerprint density at radius 1 is 1.26 bits per heavy atom. The number of hydrogen-bond acceptors (Lipinski definition) is 6.